The van der Waals surface area contributed by atoms with E-state index in [1.807, 2.05) is 13.8 Å². The zero-order valence-electron chi connectivity index (χ0n) is 11.1. The van der Waals surface area contributed by atoms with Gasteiger partial charge < -0.3 is 4.90 Å². The standard InChI is InChI=1S/C11H15F3N4OS/c1-10(2)4-3-5-18(10)9(19)15-8-17-16-7(20-8)6-11(12,13)14/h3-6H2,1-2H3,(H,15,17,19). The zero-order chi connectivity index (χ0) is 15.0. The van der Waals surface area contributed by atoms with Gasteiger partial charge >= 0.3 is 12.2 Å². The summed E-state index contributed by atoms with van der Waals surface area (Å²) >= 11 is 0.746. The van der Waals surface area contributed by atoms with Gasteiger partial charge in [0.25, 0.3) is 0 Å². The van der Waals surface area contributed by atoms with Crippen molar-refractivity contribution in [2.45, 2.75) is 44.8 Å². The fourth-order valence-corrected chi connectivity index (χ4v) is 2.95. The summed E-state index contributed by atoms with van der Waals surface area (Å²) in [5.41, 5.74) is -0.246. The van der Waals surface area contributed by atoms with Crippen LogP contribution in [0.1, 0.15) is 31.7 Å². The number of nitrogens with one attached hydrogen (secondary N) is 1. The Bertz CT molecular complexity index is 500. The molecule has 1 aromatic rings. The lowest BCUT2D eigenvalue weighted by Crippen LogP contribution is -2.44. The van der Waals surface area contributed by atoms with E-state index in [1.54, 1.807) is 4.90 Å². The molecule has 0 atom stereocenters. The molecule has 2 heterocycles. The number of urea groups is 1. The molecule has 1 aliphatic rings. The summed E-state index contributed by atoms with van der Waals surface area (Å²) in [4.78, 5) is 13.7. The van der Waals surface area contributed by atoms with Crippen LogP contribution in [0, 0.1) is 0 Å². The molecule has 5 nitrogen and oxygen atoms in total. The summed E-state index contributed by atoms with van der Waals surface area (Å²) in [6, 6.07) is -0.345. The molecule has 1 fully saturated rings. The molecule has 1 saturated heterocycles. The Labute approximate surface area is 118 Å². The highest BCUT2D eigenvalue weighted by molar-refractivity contribution is 7.15. The van der Waals surface area contributed by atoms with Gasteiger partial charge in [-0.15, -0.1) is 10.2 Å². The topological polar surface area (TPSA) is 58.1 Å². The maximum absolute atomic E-state index is 12.2. The number of likely N-dealkylation sites (tertiary alicyclic amines) is 1. The Morgan fingerprint density at radius 2 is 2.15 bits per heavy atom. The molecule has 0 aliphatic carbocycles. The van der Waals surface area contributed by atoms with Crippen LogP contribution in [0.2, 0.25) is 0 Å². The predicted octanol–water partition coefficient (Wildman–Crippen LogP) is 3.05. The first-order valence-corrected chi connectivity index (χ1v) is 6.97. The number of hydrogen-bond donors (Lipinski definition) is 1. The number of alkyl halides is 3. The summed E-state index contributed by atoms with van der Waals surface area (Å²) < 4.78 is 36.6. The Balaban J connectivity index is 1.99. The molecule has 0 unspecified atom stereocenters. The van der Waals surface area contributed by atoms with Crippen LogP contribution in [0.4, 0.5) is 23.1 Å². The lowest BCUT2D eigenvalue weighted by Gasteiger charge is -2.31. The van der Waals surface area contributed by atoms with E-state index in [9.17, 15) is 18.0 Å². The van der Waals surface area contributed by atoms with Crippen molar-refractivity contribution in [1.29, 1.82) is 0 Å². The van der Waals surface area contributed by atoms with E-state index in [-0.39, 0.29) is 21.7 Å². The molecule has 112 valence electrons. The SMILES string of the molecule is CC1(C)CCCN1C(=O)Nc1nnc(CC(F)(F)F)s1. The first-order chi connectivity index (χ1) is 9.17. The summed E-state index contributed by atoms with van der Waals surface area (Å²) in [5.74, 6) is 0. The van der Waals surface area contributed by atoms with Crippen molar-refractivity contribution in [3.63, 3.8) is 0 Å². The van der Waals surface area contributed by atoms with Crippen molar-refractivity contribution in [3.8, 4) is 0 Å². The van der Waals surface area contributed by atoms with Crippen molar-refractivity contribution in [2.75, 3.05) is 11.9 Å². The summed E-state index contributed by atoms with van der Waals surface area (Å²) in [5, 5.41) is 9.45. The van der Waals surface area contributed by atoms with E-state index in [0.29, 0.717) is 6.54 Å². The smallest absolute Gasteiger partial charge is 0.319 e. The molecule has 2 rings (SSSR count). The lowest BCUT2D eigenvalue weighted by atomic mass is 10.0. The van der Waals surface area contributed by atoms with Crippen LogP contribution in [-0.2, 0) is 6.42 Å². The second-order valence-electron chi connectivity index (χ2n) is 5.29. The second kappa shape index (κ2) is 5.19. The number of aromatic nitrogens is 2. The van der Waals surface area contributed by atoms with Gasteiger partial charge in [0.15, 0.2) is 0 Å². The van der Waals surface area contributed by atoms with Crippen LogP contribution in [0.15, 0.2) is 0 Å². The summed E-state index contributed by atoms with van der Waals surface area (Å²) in [7, 11) is 0. The fourth-order valence-electron chi connectivity index (χ4n) is 2.19. The maximum atomic E-state index is 12.2. The van der Waals surface area contributed by atoms with Crippen molar-refractivity contribution >= 4 is 22.5 Å². The van der Waals surface area contributed by atoms with Crippen LogP contribution in [-0.4, -0.2) is 39.4 Å². The van der Waals surface area contributed by atoms with Gasteiger partial charge in [0.2, 0.25) is 5.13 Å². The van der Waals surface area contributed by atoms with Crippen molar-refractivity contribution in [1.82, 2.24) is 15.1 Å². The molecule has 1 aromatic heterocycles. The fraction of sp³-hybridized carbons (Fsp3) is 0.727. The predicted molar refractivity (Wildman–Crippen MR) is 68.7 cm³/mol. The zero-order valence-corrected chi connectivity index (χ0v) is 11.9. The molecule has 1 N–H and O–H groups in total. The number of hydrogen-bond acceptors (Lipinski definition) is 4. The molecule has 0 aromatic carbocycles. The van der Waals surface area contributed by atoms with Gasteiger partial charge in [-0.1, -0.05) is 11.3 Å². The highest BCUT2D eigenvalue weighted by Gasteiger charge is 2.36. The molecule has 9 heteroatoms. The van der Waals surface area contributed by atoms with E-state index in [0.717, 1.165) is 24.2 Å². The van der Waals surface area contributed by atoms with Crippen LogP contribution in [0.5, 0.6) is 0 Å². The second-order valence-corrected chi connectivity index (χ2v) is 6.35. The first-order valence-electron chi connectivity index (χ1n) is 6.15. The van der Waals surface area contributed by atoms with Gasteiger partial charge in [-0.3, -0.25) is 5.32 Å². The highest BCUT2D eigenvalue weighted by Crippen LogP contribution is 2.30. The monoisotopic (exact) mass is 308 g/mol. The van der Waals surface area contributed by atoms with Gasteiger partial charge in [-0.25, -0.2) is 4.79 Å². The van der Waals surface area contributed by atoms with Crippen molar-refractivity contribution in [2.24, 2.45) is 0 Å². The minimum Gasteiger partial charge on any atom is -0.319 e. The van der Waals surface area contributed by atoms with Gasteiger partial charge in [0, 0.05) is 12.1 Å². The molecule has 2 amide bonds. The Hall–Kier alpha value is -1.38. The van der Waals surface area contributed by atoms with E-state index >= 15 is 0 Å². The number of amides is 2. The summed E-state index contributed by atoms with van der Waals surface area (Å²) in [6.07, 6.45) is -3.64. The largest absolute Gasteiger partial charge is 0.395 e. The molecular weight excluding hydrogens is 293 g/mol. The quantitative estimate of drug-likeness (QED) is 0.913. The molecule has 0 radical (unpaired) electrons. The molecule has 0 bridgehead atoms. The van der Waals surface area contributed by atoms with Crippen LogP contribution in [0.25, 0.3) is 0 Å². The number of carbonyl (C=O) groups excluding carboxylic acids is 1. The van der Waals surface area contributed by atoms with Gasteiger partial charge in [0.05, 0.1) is 6.42 Å². The maximum Gasteiger partial charge on any atom is 0.395 e. The van der Waals surface area contributed by atoms with Gasteiger partial charge in [0.1, 0.15) is 5.01 Å². The van der Waals surface area contributed by atoms with Crippen LogP contribution in [0.3, 0.4) is 0 Å². The lowest BCUT2D eigenvalue weighted by molar-refractivity contribution is -0.127. The number of rotatable bonds is 2. The third kappa shape index (κ3) is 3.59. The Morgan fingerprint density at radius 3 is 2.70 bits per heavy atom. The first kappa shape index (κ1) is 15.0. The number of halogens is 3. The van der Waals surface area contributed by atoms with Crippen molar-refractivity contribution in [3.05, 3.63) is 5.01 Å². The van der Waals surface area contributed by atoms with E-state index in [4.69, 9.17) is 0 Å². The third-order valence-corrected chi connectivity index (χ3v) is 4.02. The van der Waals surface area contributed by atoms with Crippen LogP contribution < -0.4 is 5.32 Å². The van der Waals surface area contributed by atoms with Crippen LogP contribution >= 0.6 is 11.3 Å². The van der Waals surface area contributed by atoms with Gasteiger partial charge in [-0.05, 0) is 26.7 Å². The Kier molecular flexibility index (Phi) is 3.90. The summed E-state index contributed by atoms with van der Waals surface area (Å²) in [6.45, 7) is 4.54. The molecule has 0 saturated carbocycles. The molecular formula is C11H15F3N4OS. The highest BCUT2D eigenvalue weighted by atomic mass is 32.1. The number of nitrogens with zero attached hydrogens (tertiary/aromatic N) is 3. The Morgan fingerprint density at radius 1 is 1.45 bits per heavy atom. The number of anilines is 1. The molecule has 20 heavy (non-hydrogen) atoms. The minimum atomic E-state index is -4.32. The number of carbonyl (C=O) groups is 1. The third-order valence-electron chi connectivity index (χ3n) is 3.18. The van der Waals surface area contributed by atoms with E-state index in [2.05, 4.69) is 15.5 Å². The average molecular weight is 308 g/mol. The average Bonchev–Trinajstić information content (AvgIpc) is 2.82. The minimum absolute atomic E-state index is 0.0944. The van der Waals surface area contributed by atoms with E-state index in [1.165, 1.54) is 0 Å². The normalized spacial score (nSPS) is 18.4. The molecule has 1 aliphatic heterocycles. The van der Waals surface area contributed by atoms with E-state index < -0.39 is 12.6 Å². The van der Waals surface area contributed by atoms with Crippen molar-refractivity contribution < 1.29 is 18.0 Å². The molecule has 0 spiro atoms. The van der Waals surface area contributed by atoms with Gasteiger partial charge in [-0.2, -0.15) is 13.2 Å².